The quantitative estimate of drug-likeness (QED) is 0.761. The highest BCUT2D eigenvalue weighted by Gasteiger charge is 2.09. The van der Waals surface area contributed by atoms with Crippen LogP contribution in [0.25, 0.3) is 0 Å². The molecule has 0 saturated carbocycles. The first-order chi connectivity index (χ1) is 6.09. The van der Waals surface area contributed by atoms with Crippen molar-refractivity contribution in [3.8, 4) is 0 Å². The Bertz CT molecular complexity index is 271. The van der Waals surface area contributed by atoms with E-state index < -0.39 is 0 Å². The monoisotopic (exact) mass is 179 g/mol. The van der Waals surface area contributed by atoms with Crippen LogP contribution in [0.1, 0.15) is 25.4 Å². The number of hydrogen-bond acceptors (Lipinski definition) is 3. The van der Waals surface area contributed by atoms with Gasteiger partial charge in [-0.05, 0) is 18.9 Å². The van der Waals surface area contributed by atoms with Gasteiger partial charge in [-0.1, -0.05) is 13.8 Å². The average Bonchev–Trinajstić information content (AvgIpc) is 2.04. The van der Waals surface area contributed by atoms with E-state index >= 15 is 0 Å². The molecule has 1 atom stereocenters. The van der Waals surface area contributed by atoms with E-state index in [0.717, 1.165) is 17.9 Å². The van der Waals surface area contributed by atoms with E-state index in [4.69, 9.17) is 5.73 Å². The molecule has 0 aliphatic carbocycles. The molecule has 3 heteroatoms. The van der Waals surface area contributed by atoms with E-state index in [9.17, 15) is 0 Å². The fourth-order valence-electron chi connectivity index (χ4n) is 1.05. The second-order valence-corrected chi connectivity index (χ2v) is 3.73. The molecule has 0 fully saturated rings. The van der Waals surface area contributed by atoms with Crippen LogP contribution in [0.5, 0.6) is 0 Å². The van der Waals surface area contributed by atoms with Crippen LogP contribution < -0.4 is 5.73 Å². The van der Waals surface area contributed by atoms with E-state index in [2.05, 4.69) is 23.8 Å². The van der Waals surface area contributed by atoms with Crippen LogP contribution in [-0.4, -0.2) is 16.0 Å². The molecule has 2 N–H and O–H groups in total. The van der Waals surface area contributed by atoms with Gasteiger partial charge < -0.3 is 5.73 Å². The Kier molecular flexibility index (Phi) is 3.37. The van der Waals surface area contributed by atoms with Gasteiger partial charge in [-0.2, -0.15) is 0 Å². The third-order valence-electron chi connectivity index (χ3n) is 2.12. The topological polar surface area (TPSA) is 51.8 Å². The Balaban J connectivity index is 2.64. The highest BCUT2D eigenvalue weighted by Crippen LogP contribution is 2.04. The second-order valence-electron chi connectivity index (χ2n) is 3.73. The standard InChI is InChI=1S/C10H17N3/c1-7(2)9(11)6-10-12-5-4-8(3)13-10/h4-5,7,9H,6,11H2,1-3H3. The maximum Gasteiger partial charge on any atom is 0.130 e. The molecule has 0 aromatic carbocycles. The molecule has 1 heterocycles. The zero-order valence-corrected chi connectivity index (χ0v) is 8.49. The van der Waals surface area contributed by atoms with Crippen LogP contribution >= 0.6 is 0 Å². The summed E-state index contributed by atoms with van der Waals surface area (Å²) >= 11 is 0. The van der Waals surface area contributed by atoms with Crippen molar-refractivity contribution in [1.82, 2.24) is 9.97 Å². The molecule has 0 bridgehead atoms. The fraction of sp³-hybridized carbons (Fsp3) is 0.600. The van der Waals surface area contributed by atoms with Crippen LogP contribution in [-0.2, 0) is 6.42 Å². The van der Waals surface area contributed by atoms with E-state index in [0.29, 0.717) is 5.92 Å². The lowest BCUT2D eigenvalue weighted by Gasteiger charge is -2.14. The summed E-state index contributed by atoms with van der Waals surface area (Å²) in [7, 11) is 0. The van der Waals surface area contributed by atoms with Crippen LogP contribution in [0.2, 0.25) is 0 Å². The Morgan fingerprint density at radius 3 is 2.69 bits per heavy atom. The molecule has 1 aromatic heterocycles. The number of aromatic nitrogens is 2. The molecule has 0 amide bonds. The smallest absolute Gasteiger partial charge is 0.130 e. The van der Waals surface area contributed by atoms with Gasteiger partial charge in [0.15, 0.2) is 0 Å². The molecular weight excluding hydrogens is 162 g/mol. The number of rotatable bonds is 3. The highest BCUT2D eigenvalue weighted by molar-refractivity contribution is 5.00. The summed E-state index contributed by atoms with van der Waals surface area (Å²) in [5, 5.41) is 0. The summed E-state index contributed by atoms with van der Waals surface area (Å²) in [5.74, 6) is 1.32. The second kappa shape index (κ2) is 4.33. The minimum atomic E-state index is 0.154. The predicted octanol–water partition coefficient (Wildman–Crippen LogP) is 1.31. The Morgan fingerprint density at radius 2 is 2.15 bits per heavy atom. The molecule has 0 spiro atoms. The van der Waals surface area contributed by atoms with E-state index in [1.54, 1.807) is 6.20 Å². The maximum atomic E-state index is 5.92. The lowest BCUT2D eigenvalue weighted by Crippen LogP contribution is -2.29. The number of hydrogen-bond donors (Lipinski definition) is 1. The van der Waals surface area contributed by atoms with Gasteiger partial charge in [0.05, 0.1) is 0 Å². The van der Waals surface area contributed by atoms with Gasteiger partial charge >= 0.3 is 0 Å². The SMILES string of the molecule is Cc1ccnc(CC(N)C(C)C)n1. The Labute approximate surface area is 79.4 Å². The third-order valence-corrected chi connectivity index (χ3v) is 2.12. The van der Waals surface area contributed by atoms with Crippen molar-refractivity contribution in [1.29, 1.82) is 0 Å². The van der Waals surface area contributed by atoms with Crippen molar-refractivity contribution < 1.29 is 0 Å². The molecule has 13 heavy (non-hydrogen) atoms. The van der Waals surface area contributed by atoms with Gasteiger partial charge in [-0.3, -0.25) is 0 Å². The zero-order chi connectivity index (χ0) is 9.84. The van der Waals surface area contributed by atoms with Crippen LogP contribution in [0, 0.1) is 12.8 Å². The molecule has 3 nitrogen and oxygen atoms in total. The molecule has 1 rings (SSSR count). The van der Waals surface area contributed by atoms with E-state index in [1.807, 2.05) is 13.0 Å². The van der Waals surface area contributed by atoms with E-state index in [1.165, 1.54) is 0 Å². The van der Waals surface area contributed by atoms with Crippen LogP contribution in [0.4, 0.5) is 0 Å². The first-order valence-corrected chi connectivity index (χ1v) is 4.63. The zero-order valence-electron chi connectivity index (χ0n) is 8.49. The number of aryl methyl sites for hydroxylation is 1. The maximum absolute atomic E-state index is 5.92. The van der Waals surface area contributed by atoms with Gasteiger partial charge in [0.1, 0.15) is 5.82 Å². The summed E-state index contributed by atoms with van der Waals surface area (Å²) in [4.78, 5) is 8.48. The lowest BCUT2D eigenvalue weighted by atomic mass is 10.0. The fourth-order valence-corrected chi connectivity index (χ4v) is 1.05. The van der Waals surface area contributed by atoms with Crippen LogP contribution in [0.3, 0.4) is 0 Å². The van der Waals surface area contributed by atoms with Crippen molar-refractivity contribution in [3.63, 3.8) is 0 Å². The molecule has 0 radical (unpaired) electrons. The predicted molar refractivity (Wildman–Crippen MR) is 53.3 cm³/mol. The van der Waals surface area contributed by atoms with Gasteiger partial charge in [0.2, 0.25) is 0 Å². The summed E-state index contributed by atoms with van der Waals surface area (Å²) < 4.78 is 0. The van der Waals surface area contributed by atoms with Crippen molar-refractivity contribution >= 4 is 0 Å². The van der Waals surface area contributed by atoms with Crippen molar-refractivity contribution in [2.24, 2.45) is 11.7 Å². The van der Waals surface area contributed by atoms with Gasteiger partial charge in [-0.15, -0.1) is 0 Å². The number of nitrogens with two attached hydrogens (primary N) is 1. The Morgan fingerprint density at radius 1 is 1.46 bits per heavy atom. The van der Waals surface area contributed by atoms with Gasteiger partial charge in [-0.25, -0.2) is 9.97 Å². The first-order valence-electron chi connectivity index (χ1n) is 4.63. The Hall–Kier alpha value is -0.960. The third kappa shape index (κ3) is 3.11. The van der Waals surface area contributed by atoms with Crippen molar-refractivity contribution in [2.45, 2.75) is 33.2 Å². The lowest BCUT2D eigenvalue weighted by molar-refractivity contribution is 0.481. The van der Waals surface area contributed by atoms with Gasteiger partial charge in [0, 0.05) is 24.4 Å². The molecular formula is C10H17N3. The minimum Gasteiger partial charge on any atom is -0.327 e. The summed E-state index contributed by atoms with van der Waals surface area (Å²) in [6, 6.07) is 2.05. The molecule has 1 unspecified atom stereocenters. The minimum absolute atomic E-state index is 0.154. The van der Waals surface area contributed by atoms with Crippen molar-refractivity contribution in [3.05, 3.63) is 23.8 Å². The molecule has 0 saturated heterocycles. The first kappa shape index (κ1) is 10.1. The van der Waals surface area contributed by atoms with Crippen molar-refractivity contribution in [2.75, 3.05) is 0 Å². The van der Waals surface area contributed by atoms with Gasteiger partial charge in [0.25, 0.3) is 0 Å². The largest absolute Gasteiger partial charge is 0.327 e. The normalized spacial score (nSPS) is 13.3. The molecule has 0 aliphatic rings. The molecule has 1 aromatic rings. The average molecular weight is 179 g/mol. The summed E-state index contributed by atoms with van der Waals surface area (Å²) in [6.45, 7) is 6.19. The summed E-state index contributed by atoms with van der Waals surface area (Å²) in [6.07, 6.45) is 2.55. The summed E-state index contributed by atoms with van der Waals surface area (Å²) in [5.41, 5.74) is 6.92. The van der Waals surface area contributed by atoms with E-state index in [-0.39, 0.29) is 6.04 Å². The number of nitrogens with zero attached hydrogens (tertiary/aromatic N) is 2. The molecule has 0 aliphatic heterocycles. The molecule has 72 valence electrons. The highest BCUT2D eigenvalue weighted by atomic mass is 14.9. The van der Waals surface area contributed by atoms with Crippen LogP contribution in [0.15, 0.2) is 12.3 Å².